The third-order valence-electron chi connectivity index (χ3n) is 9.49. The number of carbonyl (C=O) groups is 4. The van der Waals surface area contributed by atoms with Crippen LogP contribution in [0.4, 0.5) is 0 Å². The molecule has 0 unspecified atom stereocenters. The molecular weight excluding hydrogens is 476 g/mol. The van der Waals surface area contributed by atoms with E-state index in [0.29, 0.717) is 6.42 Å². The minimum absolute atomic E-state index is 0.205. The fraction of sp³-hybridized carbons (Fsp3) is 0.438. The van der Waals surface area contributed by atoms with E-state index in [2.05, 4.69) is 0 Å². The average Bonchev–Trinajstić information content (AvgIpc) is 3.35. The quantitative estimate of drug-likeness (QED) is 0.549. The Bertz CT molecular complexity index is 1320. The van der Waals surface area contributed by atoms with Crippen molar-refractivity contribution in [3.8, 4) is 0 Å². The van der Waals surface area contributed by atoms with E-state index in [1.54, 1.807) is 0 Å². The first-order valence-electron chi connectivity index (χ1n) is 13.8. The highest BCUT2D eigenvalue weighted by atomic mass is 16.2. The zero-order chi connectivity index (χ0) is 27.1. The van der Waals surface area contributed by atoms with Crippen LogP contribution in [0.15, 0.2) is 60.7 Å². The van der Waals surface area contributed by atoms with Gasteiger partial charge in [0, 0.05) is 23.4 Å². The molecule has 2 saturated heterocycles. The van der Waals surface area contributed by atoms with E-state index >= 15 is 0 Å². The molecule has 6 heteroatoms. The summed E-state index contributed by atoms with van der Waals surface area (Å²) in [5.74, 6) is -4.08. The van der Waals surface area contributed by atoms with Gasteiger partial charge >= 0.3 is 0 Å². The number of hydrogen-bond acceptors (Lipinski definition) is 4. The predicted molar refractivity (Wildman–Crippen MR) is 144 cm³/mol. The first kappa shape index (κ1) is 24.8. The van der Waals surface area contributed by atoms with Crippen molar-refractivity contribution in [2.24, 2.45) is 35.0 Å². The molecule has 3 fully saturated rings. The molecule has 0 spiro atoms. The molecule has 0 aromatic heterocycles. The molecular formula is C32H34N2O4. The lowest BCUT2D eigenvalue weighted by Crippen LogP contribution is -2.60. The van der Waals surface area contributed by atoms with Gasteiger partial charge in [-0.05, 0) is 56.4 Å². The number of allylic oxidation sites excluding steroid dienone is 2. The minimum atomic E-state index is -0.983. The Morgan fingerprint density at radius 1 is 0.632 bits per heavy atom. The number of rotatable bonds is 5. The number of likely N-dealkylation sites (tertiary alicyclic amines) is 2. The molecule has 2 aromatic rings. The van der Waals surface area contributed by atoms with Gasteiger partial charge in [-0.1, -0.05) is 67.6 Å². The Balaban J connectivity index is 1.75. The third kappa shape index (κ3) is 2.89. The van der Waals surface area contributed by atoms with Crippen molar-refractivity contribution in [1.82, 2.24) is 9.80 Å². The van der Waals surface area contributed by atoms with Gasteiger partial charge in [-0.25, -0.2) is 0 Å². The van der Waals surface area contributed by atoms with Crippen LogP contribution in [0.1, 0.15) is 52.2 Å². The van der Waals surface area contributed by atoms with Gasteiger partial charge in [0.15, 0.2) is 0 Å². The van der Waals surface area contributed by atoms with Crippen LogP contribution in [-0.2, 0) is 19.2 Å². The van der Waals surface area contributed by atoms with Crippen LogP contribution in [0.2, 0.25) is 0 Å². The number of imide groups is 2. The molecule has 2 aromatic carbocycles. The van der Waals surface area contributed by atoms with Crippen molar-refractivity contribution in [2.45, 2.75) is 53.1 Å². The largest absolute Gasteiger partial charge is 0.280 e. The predicted octanol–water partition coefficient (Wildman–Crippen LogP) is 4.66. The van der Waals surface area contributed by atoms with Gasteiger partial charge < -0.3 is 0 Å². The SMILES string of the molecule is CCC12C(c3ccccc3)=C(c3ccccc3)C([C@H]3C(=O)N(C(C)C)C(=O)[C@H]31)[C@H]1C(=O)N(C(C)C)C(=O)[C@H]12. The van der Waals surface area contributed by atoms with Crippen LogP contribution < -0.4 is 0 Å². The second-order valence-electron chi connectivity index (χ2n) is 11.7. The second kappa shape index (κ2) is 8.48. The van der Waals surface area contributed by atoms with Crippen molar-refractivity contribution in [1.29, 1.82) is 0 Å². The smallest absolute Gasteiger partial charge is 0.234 e. The monoisotopic (exact) mass is 510 g/mol. The van der Waals surface area contributed by atoms with Crippen LogP contribution in [0.25, 0.3) is 11.1 Å². The van der Waals surface area contributed by atoms with E-state index in [1.165, 1.54) is 9.80 Å². The highest BCUT2D eigenvalue weighted by molar-refractivity contribution is 6.17. The molecule has 38 heavy (non-hydrogen) atoms. The van der Waals surface area contributed by atoms with Crippen molar-refractivity contribution >= 4 is 34.8 Å². The molecule has 2 aliphatic heterocycles. The summed E-state index contributed by atoms with van der Waals surface area (Å²) in [5.41, 5.74) is 2.81. The third-order valence-corrected chi connectivity index (χ3v) is 9.49. The van der Waals surface area contributed by atoms with Gasteiger partial charge in [0.25, 0.3) is 0 Å². The summed E-state index contributed by atoms with van der Waals surface area (Å²) in [6.45, 7) is 9.44. The first-order chi connectivity index (χ1) is 18.2. The second-order valence-corrected chi connectivity index (χ2v) is 11.7. The van der Waals surface area contributed by atoms with Gasteiger partial charge in [-0.2, -0.15) is 0 Å². The van der Waals surface area contributed by atoms with E-state index in [-0.39, 0.29) is 35.7 Å². The van der Waals surface area contributed by atoms with Crippen molar-refractivity contribution in [3.63, 3.8) is 0 Å². The maximum atomic E-state index is 14.2. The Morgan fingerprint density at radius 2 is 1.05 bits per heavy atom. The Labute approximate surface area is 223 Å². The van der Waals surface area contributed by atoms with E-state index in [4.69, 9.17) is 0 Å². The van der Waals surface area contributed by atoms with Gasteiger partial charge in [-0.15, -0.1) is 0 Å². The van der Waals surface area contributed by atoms with E-state index < -0.39 is 35.0 Å². The lowest BCUT2D eigenvalue weighted by Gasteiger charge is -2.59. The van der Waals surface area contributed by atoms with Gasteiger partial charge in [0.1, 0.15) is 0 Å². The first-order valence-corrected chi connectivity index (χ1v) is 13.8. The van der Waals surface area contributed by atoms with Crippen LogP contribution in [0.3, 0.4) is 0 Å². The average molecular weight is 511 g/mol. The molecule has 6 nitrogen and oxygen atoms in total. The fourth-order valence-electron chi connectivity index (χ4n) is 8.36. The van der Waals surface area contributed by atoms with Crippen molar-refractivity contribution in [2.75, 3.05) is 0 Å². The standard InChI is InChI=1S/C32H34N2O4/c1-6-32-25(20-15-11-8-12-16-20)21(19-13-9-7-10-14-19)22(23-26(32)30(37)33(17(2)3)28(23)35)24-27(32)31(38)34(18(4)5)29(24)36/h7-18,22-24,26-27H,6H2,1-5H3/t22?,23-,24-,26+,27+,32?/m1/s1. The summed E-state index contributed by atoms with van der Waals surface area (Å²) in [4.78, 5) is 59.5. The molecule has 5 aliphatic rings. The van der Waals surface area contributed by atoms with Crippen molar-refractivity contribution in [3.05, 3.63) is 71.8 Å². The number of hydrogen-bond donors (Lipinski definition) is 0. The highest BCUT2D eigenvalue weighted by Gasteiger charge is 2.77. The molecule has 7 rings (SSSR count). The highest BCUT2D eigenvalue weighted by Crippen LogP contribution is 2.73. The molecule has 2 heterocycles. The van der Waals surface area contributed by atoms with Crippen LogP contribution >= 0.6 is 0 Å². The maximum Gasteiger partial charge on any atom is 0.234 e. The zero-order valence-corrected chi connectivity index (χ0v) is 22.5. The lowest BCUT2D eigenvalue weighted by atomic mass is 9.40. The molecule has 2 bridgehead atoms. The molecule has 0 radical (unpaired) electrons. The van der Waals surface area contributed by atoms with E-state index in [0.717, 1.165) is 22.3 Å². The summed E-state index contributed by atoms with van der Waals surface area (Å²) in [6.07, 6.45) is 0.471. The summed E-state index contributed by atoms with van der Waals surface area (Å²) < 4.78 is 0. The molecule has 4 amide bonds. The molecule has 3 aliphatic carbocycles. The summed E-state index contributed by atoms with van der Waals surface area (Å²) in [7, 11) is 0. The molecule has 4 atom stereocenters. The number of amides is 4. The summed E-state index contributed by atoms with van der Waals surface area (Å²) >= 11 is 0. The number of carbonyl (C=O) groups excluding carboxylic acids is 4. The van der Waals surface area contributed by atoms with E-state index in [1.807, 2.05) is 95.3 Å². The molecule has 0 N–H and O–H groups in total. The van der Waals surface area contributed by atoms with Gasteiger partial charge in [0.2, 0.25) is 23.6 Å². The Kier molecular flexibility index (Phi) is 5.53. The summed E-state index contributed by atoms with van der Waals surface area (Å²) in [6, 6.07) is 19.3. The number of nitrogens with zero attached hydrogens (tertiary/aromatic N) is 2. The maximum absolute atomic E-state index is 14.2. The fourth-order valence-corrected chi connectivity index (χ4v) is 8.36. The minimum Gasteiger partial charge on any atom is -0.280 e. The molecule has 1 saturated carbocycles. The van der Waals surface area contributed by atoms with Gasteiger partial charge in [-0.3, -0.25) is 29.0 Å². The van der Waals surface area contributed by atoms with Crippen LogP contribution in [0, 0.1) is 35.0 Å². The Hall–Kier alpha value is -3.54. The molecule has 196 valence electrons. The van der Waals surface area contributed by atoms with E-state index in [9.17, 15) is 19.2 Å². The van der Waals surface area contributed by atoms with Crippen LogP contribution in [-0.4, -0.2) is 45.5 Å². The Morgan fingerprint density at radius 3 is 1.45 bits per heavy atom. The van der Waals surface area contributed by atoms with Crippen molar-refractivity contribution < 1.29 is 19.2 Å². The summed E-state index contributed by atoms with van der Waals surface area (Å²) in [5, 5.41) is 0. The number of benzene rings is 2. The zero-order valence-electron chi connectivity index (χ0n) is 22.5. The van der Waals surface area contributed by atoms with Gasteiger partial charge in [0.05, 0.1) is 23.7 Å². The van der Waals surface area contributed by atoms with Crippen LogP contribution in [0.5, 0.6) is 0 Å². The topological polar surface area (TPSA) is 74.8 Å². The lowest BCUT2D eigenvalue weighted by molar-refractivity contribution is -0.146. The normalized spacial score (nSPS) is 32.2.